The SMILES string of the molecule is CNc1ccc(OC)c(C(=O)N(C)C)c1. The highest BCUT2D eigenvalue weighted by Gasteiger charge is 2.14. The number of nitrogens with zero attached hydrogens (tertiary/aromatic N) is 1. The Labute approximate surface area is 89.8 Å². The molecule has 0 aliphatic rings. The fourth-order valence-corrected chi connectivity index (χ4v) is 1.27. The summed E-state index contributed by atoms with van der Waals surface area (Å²) in [5.74, 6) is 0.525. The van der Waals surface area contributed by atoms with E-state index in [2.05, 4.69) is 5.32 Å². The summed E-state index contributed by atoms with van der Waals surface area (Å²) in [5, 5.41) is 2.99. The molecule has 0 unspecified atom stereocenters. The highest BCUT2D eigenvalue weighted by molar-refractivity contribution is 5.97. The van der Waals surface area contributed by atoms with Crippen molar-refractivity contribution in [2.45, 2.75) is 0 Å². The summed E-state index contributed by atoms with van der Waals surface area (Å²) in [6.07, 6.45) is 0. The van der Waals surface area contributed by atoms with Gasteiger partial charge in [-0.3, -0.25) is 4.79 Å². The third kappa shape index (κ3) is 2.40. The van der Waals surface area contributed by atoms with E-state index >= 15 is 0 Å². The summed E-state index contributed by atoms with van der Waals surface area (Å²) in [6.45, 7) is 0. The highest BCUT2D eigenvalue weighted by atomic mass is 16.5. The third-order valence-electron chi connectivity index (χ3n) is 2.12. The first-order valence-corrected chi connectivity index (χ1v) is 4.67. The Morgan fingerprint density at radius 2 is 2.07 bits per heavy atom. The first-order chi connectivity index (χ1) is 7.10. The van der Waals surface area contributed by atoms with Gasteiger partial charge in [0.15, 0.2) is 0 Å². The predicted octanol–water partition coefficient (Wildman–Crippen LogP) is 1.44. The second-order valence-corrected chi connectivity index (χ2v) is 3.36. The summed E-state index contributed by atoms with van der Waals surface area (Å²) >= 11 is 0. The number of benzene rings is 1. The maximum atomic E-state index is 11.8. The summed E-state index contributed by atoms with van der Waals surface area (Å²) < 4.78 is 5.14. The predicted molar refractivity (Wildman–Crippen MR) is 60.6 cm³/mol. The summed E-state index contributed by atoms with van der Waals surface area (Å²) in [4.78, 5) is 13.3. The van der Waals surface area contributed by atoms with Crippen molar-refractivity contribution < 1.29 is 9.53 Å². The first-order valence-electron chi connectivity index (χ1n) is 4.67. The van der Waals surface area contributed by atoms with Gasteiger partial charge in [0, 0.05) is 26.8 Å². The quantitative estimate of drug-likeness (QED) is 0.817. The van der Waals surface area contributed by atoms with Gasteiger partial charge < -0.3 is 15.0 Å². The molecule has 1 aromatic rings. The maximum Gasteiger partial charge on any atom is 0.257 e. The Kier molecular flexibility index (Phi) is 3.55. The Hall–Kier alpha value is -1.71. The van der Waals surface area contributed by atoms with Crippen LogP contribution in [0.5, 0.6) is 5.75 Å². The average molecular weight is 208 g/mol. The van der Waals surface area contributed by atoms with Crippen LogP contribution in [0.3, 0.4) is 0 Å². The van der Waals surface area contributed by atoms with Crippen LogP contribution in [0.15, 0.2) is 18.2 Å². The fraction of sp³-hybridized carbons (Fsp3) is 0.364. The largest absolute Gasteiger partial charge is 0.496 e. The van der Waals surface area contributed by atoms with Gasteiger partial charge >= 0.3 is 0 Å². The van der Waals surface area contributed by atoms with Crippen LogP contribution in [-0.4, -0.2) is 39.1 Å². The lowest BCUT2D eigenvalue weighted by Gasteiger charge is -2.14. The van der Waals surface area contributed by atoms with Crippen molar-refractivity contribution in [1.82, 2.24) is 4.90 Å². The van der Waals surface area contributed by atoms with Crippen LogP contribution >= 0.6 is 0 Å². The van der Waals surface area contributed by atoms with Gasteiger partial charge in [-0.2, -0.15) is 0 Å². The van der Waals surface area contributed by atoms with Gasteiger partial charge in [0.1, 0.15) is 5.75 Å². The van der Waals surface area contributed by atoms with Gasteiger partial charge in [-0.1, -0.05) is 0 Å². The zero-order valence-corrected chi connectivity index (χ0v) is 9.50. The lowest BCUT2D eigenvalue weighted by atomic mass is 10.1. The second kappa shape index (κ2) is 4.68. The molecule has 0 fully saturated rings. The van der Waals surface area contributed by atoms with Crippen LogP contribution in [0.2, 0.25) is 0 Å². The molecule has 1 rings (SSSR count). The van der Waals surface area contributed by atoms with E-state index in [0.29, 0.717) is 11.3 Å². The number of carbonyl (C=O) groups is 1. The van der Waals surface area contributed by atoms with E-state index < -0.39 is 0 Å². The first kappa shape index (κ1) is 11.4. The molecule has 0 spiro atoms. The number of carbonyl (C=O) groups excluding carboxylic acids is 1. The lowest BCUT2D eigenvalue weighted by molar-refractivity contribution is 0.0824. The summed E-state index contributed by atoms with van der Waals surface area (Å²) in [5.41, 5.74) is 1.45. The average Bonchev–Trinajstić information content (AvgIpc) is 2.27. The van der Waals surface area contributed by atoms with Crippen LogP contribution in [0.25, 0.3) is 0 Å². The van der Waals surface area contributed by atoms with Crippen LogP contribution in [0.4, 0.5) is 5.69 Å². The zero-order valence-electron chi connectivity index (χ0n) is 9.50. The van der Waals surface area contributed by atoms with Gasteiger partial charge in [-0.15, -0.1) is 0 Å². The van der Waals surface area contributed by atoms with Crippen molar-refractivity contribution in [2.75, 3.05) is 33.6 Å². The van der Waals surface area contributed by atoms with Gasteiger partial charge in [0.2, 0.25) is 0 Å². The molecule has 1 aromatic carbocycles. The normalized spacial score (nSPS) is 9.60. The van der Waals surface area contributed by atoms with E-state index in [1.54, 1.807) is 33.3 Å². The zero-order chi connectivity index (χ0) is 11.4. The van der Waals surface area contributed by atoms with Gasteiger partial charge in [-0.05, 0) is 18.2 Å². The van der Waals surface area contributed by atoms with Crippen LogP contribution in [-0.2, 0) is 0 Å². The van der Waals surface area contributed by atoms with Crippen LogP contribution in [0.1, 0.15) is 10.4 Å². The number of anilines is 1. The lowest BCUT2D eigenvalue weighted by Crippen LogP contribution is -2.22. The Balaban J connectivity index is 3.17. The van der Waals surface area contributed by atoms with E-state index in [1.807, 2.05) is 13.1 Å². The molecule has 1 N–H and O–H groups in total. The van der Waals surface area contributed by atoms with Crippen molar-refractivity contribution in [3.63, 3.8) is 0 Å². The maximum absolute atomic E-state index is 11.8. The number of methoxy groups -OCH3 is 1. The number of amides is 1. The molecule has 0 heterocycles. The molecular formula is C11H16N2O2. The minimum atomic E-state index is -0.0658. The summed E-state index contributed by atoms with van der Waals surface area (Å²) in [7, 11) is 6.80. The monoisotopic (exact) mass is 208 g/mol. The van der Waals surface area contributed by atoms with Crippen molar-refractivity contribution in [2.24, 2.45) is 0 Å². The van der Waals surface area contributed by atoms with E-state index in [9.17, 15) is 4.79 Å². The number of ether oxygens (including phenoxy) is 1. The van der Waals surface area contributed by atoms with Crippen LogP contribution < -0.4 is 10.1 Å². The van der Waals surface area contributed by atoms with Crippen molar-refractivity contribution in [1.29, 1.82) is 0 Å². The molecule has 0 atom stereocenters. The molecule has 0 aliphatic carbocycles. The molecular weight excluding hydrogens is 192 g/mol. The van der Waals surface area contributed by atoms with E-state index in [4.69, 9.17) is 4.74 Å². The molecule has 0 radical (unpaired) electrons. The van der Waals surface area contributed by atoms with Crippen molar-refractivity contribution in [3.8, 4) is 5.75 Å². The van der Waals surface area contributed by atoms with Gasteiger partial charge in [0.05, 0.1) is 12.7 Å². The number of hydrogen-bond acceptors (Lipinski definition) is 3. The number of rotatable bonds is 3. The molecule has 0 saturated heterocycles. The van der Waals surface area contributed by atoms with E-state index in [1.165, 1.54) is 4.90 Å². The summed E-state index contributed by atoms with van der Waals surface area (Å²) in [6, 6.07) is 5.43. The molecule has 82 valence electrons. The molecule has 0 aromatic heterocycles. The number of hydrogen-bond donors (Lipinski definition) is 1. The molecule has 15 heavy (non-hydrogen) atoms. The van der Waals surface area contributed by atoms with Gasteiger partial charge in [0.25, 0.3) is 5.91 Å². The Morgan fingerprint density at radius 1 is 1.40 bits per heavy atom. The van der Waals surface area contributed by atoms with Gasteiger partial charge in [-0.25, -0.2) is 0 Å². The highest BCUT2D eigenvalue weighted by Crippen LogP contribution is 2.23. The minimum Gasteiger partial charge on any atom is -0.496 e. The smallest absolute Gasteiger partial charge is 0.257 e. The second-order valence-electron chi connectivity index (χ2n) is 3.36. The van der Waals surface area contributed by atoms with E-state index in [-0.39, 0.29) is 5.91 Å². The fourth-order valence-electron chi connectivity index (χ4n) is 1.27. The molecule has 0 bridgehead atoms. The van der Waals surface area contributed by atoms with Crippen molar-refractivity contribution in [3.05, 3.63) is 23.8 Å². The third-order valence-corrected chi connectivity index (χ3v) is 2.12. The van der Waals surface area contributed by atoms with Crippen LogP contribution in [0, 0.1) is 0 Å². The van der Waals surface area contributed by atoms with Crippen molar-refractivity contribution >= 4 is 11.6 Å². The molecule has 4 nitrogen and oxygen atoms in total. The Bertz CT molecular complexity index is 362. The number of nitrogens with one attached hydrogen (secondary N) is 1. The molecule has 0 saturated carbocycles. The minimum absolute atomic E-state index is 0.0658. The molecule has 0 aliphatic heterocycles. The topological polar surface area (TPSA) is 41.6 Å². The molecule has 4 heteroatoms. The Morgan fingerprint density at radius 3 is 2.53 bits per heavy atom. The molecule has 1 amide bonds. The standard InChI is InChI=1S/C11H16N2O2/c1-12-8-5-6-10(15-4)9(7-8)11(14)13(2)3/h5-7,12H,1-4H3. The van der Waals surface area contributed by atoms with E-state index in [0.717, 1.165) is 5.69 Å².